The molecule has 5 heteroatoms. The number of likely N-dealkylation sites (tertiary alicyclic amines) is 1. The van der Waals surface area contributed by atoms with Gasteiger partial charge in [-0.05, 0) is 25.2 Å². The third-order valence-electron chi connectivity index (χ3n) is 4.10. The fourth-order valence-corrected chi connectivity index (χ4v) is 2.90. The molecule has 0 saturated carbocycles. The summed E-state index contributed by atoms with van der Waals surface area (Å²) in [6.45, 7) is 2.93. The molecule has 1 aliphatic rings. The highest BCUT2D eigenvalue weighted by Gasteiger charge is 2.30. The van der Waals surface area contributed by atoms with Gasteiger partial charge in [0.1, 0.15) is 5.15 Å². The summed E-state index contributed by atoms with van der Waals surface area (Å²) >= 11 is 6.09. The van der Waals surface area contributed by atoms with E-state index < -0.39 is 5.60 Å². The van der Waals surface area contributed by atoms with Crippen LogP contribution in [0.2, 0.25) is 5.15 Å². The van der Waals surface area contributed by atoms with Gasteiger partial charge in [0.2, 0.25) is 0 Å². The third-order valence-corrected chi connectivity index (χ3v) is 4.41. The highest BCUT2D eigenvalue weighted by molar-refractivity contribution is 6.34. The lowest BCUT2D eigenvalue weighted by Crippen LogP contribution is -2.45. The molecular weight excluding hydrogens is 288 g/mol. The van der Waals surface area contributed by atoms with Crippen molar-refractivity contribution in [3.8, 4) is 0 Å². The van der Waals surface area contributed by atoms with E-state index in [0.29, 0.717) is 36.6 Å². The Kier molecular flexibility index (Phi) is 3.59. The van der Waals surface area contributed by atoms with Gasteiger partial charge in [-0.3, -0.25) is 4.79 Å². The number of halogens is 1. The fraction of sp³-hybridized carbons (Fsp3) is 0.375. The molecule has 0 bridgehead atoms. The van der Waals surface area contributed by atoms with Crippen molar-refractivity contribution in [3.63, 3.8) is 0 Å². The number of benzene rings is 1. The first kappa shape index (κ1) is 14.3. The van der Waals surface area contributed by atoms with E-state index in [0.717, 1.165) is 10.8 Å². The zero-order valence-electron chi connectivity index (χ0n) is 11.8. The number of amides is 1. The molecule has 1 saturated heterocycles. The van der Waals surface area contributed by atoms with E-state index in [1.165, 1.54) is 0 Å². The summed E-state index contributed by atoms with van der Waals surface area (Å²) in [5, 5.41) is 12.0. The molecule has 0 spiro atoms. The van der Waals surface area contributed by atoms with Crippen molar-refractivity contribution in [1.82, 2.24) is 9.88 Å². The molecule has 1 aromatic heterocycles. The zero-order chi connectivity index (χ0) is 15.0. The van der Waals surface area contributed by atoms with Gasteiger partial charge in [-0.15, -0.1) is 0 Å². The van der Waals surface area contributed by atoms with E-state index in [1.54, 1.807) is 11.1 Å². The molecule has 21 heavy (non-hydrogen) atoms. The molecule has 2 heterocycles. The van der Waals surface area contributed by atoms with Crippen LogP contribution in [0.15, 0.2) is 30.5 Å². The molecule has 1 fully saturated rings. The van der Waals surface area contributed by atoms with Gasteiger partial charge in [0.25, 0.3) is 5.91 Å². The summed E-state index contributed by atoms with van der Waals surface area (Å²) < 4.78 is 0. The number of hydrogen-bond acceptors (Lipinski definition) is 3. The Hall–Kier alpha value is -1.65. The van der Waals surface area contributed by atoms with Crippen LogP contribution in [-0.2, 0) is 0 Å². The van der Waals surface area contributed by atoms with Crippen LogP contribution in [0, 0.1) is 0 Å². The minimum atomic E-state index is -0.670. The second-order valence-electron chi connectivity index (χ2n) is 5.80. The van der Waals surface area contributed by atoms with E-state index in [4.69, 9.17) is 11.6 Å². The molecule has 110 valence electrons. The molecule has 1 amide bonds. The number of carbonyl (C=O) groups is 1. The number of fused-ring (bicyclic) bond motifs is 1. The van der Waals surface area contributed by atoms with Crippen molar-refractivity contribution in [3.05, 3.63) is 41.2 Å². The number of pyridine rings is 1. The minimum absolute atomic E-state index is 0.0501. The predicted molar refractivity (Wildman–Crippen MR) is 82.5 cm³/mol. The van der Waals surface area contributed by atoms with Gasteiger partial charge in [0.05, 0.1) is 11.2 Å². The van der Waals surface area contributed by atoms with Gasteiger partial charge in [-0.1, -0.05) is 35.9 Å². The maximum atomic E-state index is 12.7. The second-order valence-corrected chi connectivity index (χ2v) is 6.16. The lowest BCUT2D eigenvalue weighted by Gasteiger charge is -2.35. The Labute approximate surface area is 128 Å². The molecule has 2 aromatic rings. The Morgan fingerprint density at radius 2 is 1.90 bits per heavy atom. The van der Waals surface area contributed by atoms with Crippen LogP contribution in [-0.4, -0.2) is 39.6 Å². The number of nitrogens with zero attached hydrogens (tertiary/aromatic N) is 2. The highest BCUT2D eigenvalue weighted by Crippen LogP contribution is 2.27. The molecule has 0 unspecified atom stereocenters. The summed E-state index contributed by atoms with van der Waals surface area (Å²) in [5.74, 6) is -0.0501. The molecule has 4 nitrogen and oxygen atoms in total. The maximum absolute atomic E-state index is 12.7. The van der Waals surface area contributed by atoms with E-state index >= 15 is 0 Å². The fourth-order valence-electron chi connectivity index (χ4n) is 2.69. The van der Waals surface area contributed by atoms with Crippen LogP contribution in [0.5, 0.6) is 0 Å². The van der Waals surface area contributed by atoms with Crippen molar-refractivity contribution >= 4 is 28.3 Å². The van der Waals surface area contributed by atoms with Gasteiger partial charge >= 0.3 is 0 Å². The monoisotopic (exact) mass is 304 g/mol. The van der Waals surface area contributed by atoms with Crippen molar-refractivity contribution in [1.29, 1.82) is 0 Å². The van der Waals surface area contributed by atoms with Crippen LogP contribution in [0.25, 0.3) is 10.8 Å². The molecule has 0 radical (unpaired) electrons. The SMILES string of the molecule is CC1(O)CCN(C(=O)c2cnc(Cl)c3ccccc23)CC1. The first-order valence-corrected chi connectivity index (χ1v) is 7.41. The molecule has 3 rings (SSSR count). The third kappa shape index (κ3) is 2.74. The van der Waals surface area contributed by atoms with E-state index in [1.807, 2.05) is 31.2 Å². The van der Waals surface area contributed by atoms with E-state index in [2.05, 4.69) is 4.98 Å². The number of piperidine rings is 1. The number of carbonyl (C=O) groups excluding carboxylic acids is 1. The number of aromatic nitrogens is 1. The highest BCUT2D eigenvalue weighted by atomic mass is 35.5. The average molecular weight is 305 g/mol. The molecule has 0 atom stereocenters. The van der Waals surface area contributed by atoms with Gasteiger partial charge in [0.15, 0.2) is 0 Å². The quantitative estimate of drug-likeness (QED) is 0.824. The van der Waals surface area contributed by atoms with Crippen LogP contribution < -0.4 is 0 Å². The Balaban J connectivity index is 1.94. The van der Waals surface area contributed by atoms with Crippen molar-refractivity contribution in [2.45, 2.75) is 25.4 Å². The predicted octanol–water partition coefficient (Wildman–Crippen LogP) is 2.88. The topological polar surface area (TPSA) is 53.4 Å². The first-order valence-electron chi connectivity index (χ1n) is 7.03. The number of rotatable bonds is 1. The lowest BCUT2D eigenvalue weighted by molar-refractivity contribution is -0.00197. The van der Waals surface area contributed by atoms with Gasteiger partial charge in [-0.2, -0.15) is 0 Å². The standard InChI is InChI=1S/C16H17ClN2O2/c1-16(21)6-8-19(9-7-16)15(20)13-10-18-14(17)12-5-3-2-4-11(12)13/h2-5,10,21H,6-9H2,1H3. The minimum Gasteiger partial charge on any atom is -0.390 e. The van der Waals surface area contributed by atoms with Crippen molar-refractivity contribution < 1.29 is 9.90 Å². The normalized spacial score (nSPS) is 18.0. The number of aliphatic hydroxyl groups is 1. The largest absolute Gasteiger partial charge is 0.390 e. The maximum Gasteiger partial charge on any atom is 0.256 e. The average Bonchev–Trinajstić information content (AvgIpc) is 2.47. The molecule has 1 N–H and O–H groups in total. The van der Waals surface area contributed by atoms with Crippen LogP contribution >= 0.6 is 11.6 Å². The molecule has 0 aliphatic carbocycles. The Bertz CT molecular complexity index is 690. The summed E-state index contributed by atoms with van der Waals surface area (Å²) in [6.07, 6.45) is 2.73. The van der Waals surface area contributed by atoms with Gasteiger partial charge in [-0.25, -0.2) is 4.98 Å². The summed E-state index contributed by atoms with van der Waals surface area (Å²) in [4.78, 5) is 18.6. The zero-order valence-corrected chi connectivity index (χ0v) is 12.6. The van der Waals surface area contributed by atoms with Crippen molar-refractivity contribution in [2.75, 3.05) is 13.1 Å². The summed E-state index contributed by atoms with van der Waals surface area (Å²) in [7, 11) is 0. The Morgan fingerprint density at radius 3 is 2.57 bits per heavy atom. The lowest BCUT2D eigenvalue weighted by atomic mass is 9.93. The van der Waals surface area contributed by atoms with Crippen LogP contribution in [0.3, 0.4) is 0 Å². The summed E-state index contributed by atoms with van der Waals surface area (Å²) in [6, 6.07) is 7.51. The van der Waals surface area contributed by atoms with Gasteiger partial charge < -0.3 is 10.0 Å². The summed E-state index contributed by atoms with van der Waals surface area (Å²) in [5.41, 5.74) is -0.103. The molecular formula is C16H17ClN2O2. The Morgan fingerprint density at radius 1 is 1.29 bits per heavy atom. The van der Waals surface area contributed by atoms with Crippen LogP contribution in [0.4, 0.5) is 0 Å². The second kappa shape index (κ2) is 5.28. The molecule has 1 aliphatic heterocycles. The first-order chi connectivity index (χ1) is 9.98. The molecule has 1 aromatic carbocycles. The van der Waals surface area contributed by atoms with Crippen molar-refractivity contribution in [2.24, 2.45) is 0 Å². The van der Waals surface area contributed by atoms with Crippen LogP contribution in [0.1, 0.15) is 30.1 Å². The van der Waals surface area contributed by atoms with Gasteiger partial charge in [0, 0.05) is 24.7 Å². The number of hydrogen-bond donors (Lipinski definition) is 1. The van der Waals surface area contributed by atoms with E-state index in [-0.39, 0.29) is 5.91 Å². The van der Waals surface area contributed by atoms with E-state index in [9.17, 15) is 9.90 Å². The smallest absolute Gasteiger partial charge is 0.256 e.